The Morgan fingerprint density at radius 3 is 2.26 bits per heavy atom. The lowest BCUT2D eigenvalue weighted by Crippen LogP contribution is -2.52. The molecule has 0 aliphatic carbocycles. The maximum Gasteiger partial charge on any atom is 0.330 e. The fraction of sp³-hybridized carbons (Fsp3) is 0.560. The monoisotopic (exact) mass is 470 g/mol. The lowest BCUT2D eigenvalue weighted by molar-refractivity contribution is -0.131. The normalized spacial score (nSPS) is 14.7. The van der Waals surface area contributed by atoms with Crippen LogP contribution in [0.15, 0.2) is 39.9 Å². The lowest BCUT2D eigenvalue weighted by atomic mass is 10.1. The van der Waals surface area contributed by atoms with E-state index in [9.17, 15) is 14.4 Å². The highest BCUT2D eigenvalue weighted by Gasteiger charge is 2.26. The van der Waals surface area contributed by atoms with E-state index >= 15 is 0 Å². The molecular formula is C25H38N6O3. The van der Waals surface area contributed by atoms with Crippen LogP contribution in [0.2, 0.25) is 0 Å². The van der Waals surface area contributed by atoms with Crippen LogP contribution >= 0.6 is 0 Å². The largest absolute Gasteiger partial charge is 0.383 e. The van der Waals surface area contributed by atoms with Gasteiger partial charge >= 0.3 is 5.69 Å². The second-order valence-electron chi connectivity index (χ2n) is 9.91. The van der Waals surface area contributed by atoms with Crippen molar-refractivity contribution in [3.8, 4) is 0 Å². The molecule has 2 heterocycles. The predicted octanol–water partition coefficient (Wildman–Crippen LogP) is 1.58. The van der Waals surface area contributed by atoms with Gasteiger partial charge in [-0.25, -0.2) is 4.79 Å². The standard InChI is InChI=1S/C25H38N6O3/c1-18(2)14-30(22-23(26)31(15-19(3)4)25(34)27-24(22)33)17-21(32)29-12-10-28(11-13-29)16-20-8-6-5-7-9-20/h5-9,18-19H,10-17,26H2,1-4H3,(H,27,33,34). The number of nitrogens with zero attached hydrogens (tertiary/aromatic N) is 4. The van der Waals surface area contributed by atoms with Crippen molar-refractivity contribution in [2.24, 2.45) is 11.8 Å². The van der Waals surface area contributed by atoms with Crippen molar-refractivity contribution in [2.45, 2.75) is 40.8 Å². The highest BCUT2D eigenvalue weighted by molar-refractivity contribution is 5.82. The van der Waals surface area contributed by atoms with Crippen molar-refractivity contribution in [1.82, 2.24) is 19.4 Å². The molecule has 0 saturated carbocycles. The van der Waals surface area contributed by atoms with Crippen molar-refractivity contribution in [3.63, 3.8) is 0 Å². The molecule has 1 aromatic heterocycles. The maximum absolute atomic E-state index is 13.2. The Morgan fingerprint density at radius 1 is 1.03 bits per heavy atom. The van der Waals surface area contributed by atoms with Gasteiger partial charge in [-0.3, -0.25) is 24.0 Å². The molecule has 34 heavy (non-hydrogen) atoms. The summed E-state index contributed by atoms with van der Waals surface area (Å²) in [6, 6.07) is 10.3. The van der Waals surface area contributed by atoms with Crippen molar-refractivity contribution in [1.29, 1.82) is 0 Å². The number of aromatic nitrogens is 2. The van der Waals surface area contributed by atoms with E-state index in [-0.39, 0.29) is 35.8 Å². The molecule has 186 valence electrons. The zero-order valence-electron chi connectivity index (χ0n) is 20.8. The molecule has 2 aromatic rings. The molecule has 9 heteroatoms. The van der Waals surface area contributed by atoms with Crippen LogP contribution in [0.5, 0.6) is 0 Å². The number of nitrogens with one attached hydrogen (secondary N) is 1. The fourth-order valence-corrected chi connectivity index (χ4v) is 4.37. The van der Waals surface area contributed by atoms with Crippen LogP contribution in [-0.4, -0.2) is 64.5 Å². The van der Waals surface area contributed by atoms with E-state index in [0.29, 0.717) is 26.2 Å². The topological polar surface area (TPSA) is 108 Å². The van der Waals surface area contributed by atoms with Crippen LogP contribution in [0, 0.1) is 11.8 Å². The van der Waals surface area contributed by atoms with Crippen LogP contribution in [0.3, 0.4) is 0 Å². The average molecular weight is 471 g/mol. The van der Waals surface area contributed by atoms with Gasteiger partial charge in [0.1, 0.15) is 11.5 Å². The molecule has 1 aromatic carbocycles. The second kappa shape index (κ2) is 11.4. The molecule has 3 rings (SSSR count). The van der Waals surface area contributed by atoms with E-state index in [1.807, 2.05) is 50.8 Å². The summed E-state index contributed by atoms with van der Waals surface area (Å²) in [4.78, 5) is 46.7. The molecular weight excluding hydrogens is 432 g/mol. The number of benzene rings is 1. The van der Waals surface area contributed by atoms with Gasteiger partial charge in [-0.05, 0) is 17.4 Å². The highest BCUT2D eigenvalue weighted by Crippen LogP contribution is 2.19. The van der Waals surface area contributed by atoms with Gasteiger partial charge in [0.15, 0.2) is 0 Å². The minimum atomic E-state index is -0.552. The molecule has 3 N–H and O–H groups in total. The Morgan fingerprint density at radius 2 is 1.68 bits per heavy atom. The first-order chi connectivity index (χ1) is 16.2. The van der Waals surface area contributed by atoms with Gasteiger partial charge in [-0.2, -0.15) is 0 Å². The summed E-state index contributed by atoms with van der Waals surface area (Å²) in [5.74, 6) is 0.440. The SMILES string of the molecule is CC(C)CN(CC(=O)N1CCN(Cc2ccccc2)CC1)c1c(N)n(CC(C)C)c(=O)[nH]c1=O. The van der Waals surface area contributed by atoms with Gasteiger partial charge in [0.2, 0.25) is 5.91 Å². The van der Waals surface area contributed by atoms with Gasteiger partial charge in [0.05, 0.1) is 6.54 Å². The van der Waals surface area contributed by atoms with Crippen molar-refractivity contribution < 1.29 is 4.79 Å². The zero-order chi connectivity index (χ0) is 24.8. The molecule has 0 radical (unpaired) electrons. The van der Waals surface area contributed by atoms with E-state index in [1.54, 1.807) is 4.90 Å². The van der Waals surface area contributed by atoms with E-state index in [4.69, 9.17) is 5.73 Å². The van der Waals surface area contributed by atoms with Crippen LogP contribution in [0.25, 0.3) is 0 Å². The smallest absolute Gasteiger partial charge is 0.330 e. The van der Waals surface area contributed by atoms with E-state index in [1.165, 1.54) is 10.1 Å². The Bertz CT molecular complexity index is 1070. The quantitative estimate of drug-likeness (QED) is 0.576. The average Bonchev–Trinajstić information content (AvgIpc) is 2.77. The number of hydrogen-bond donors (Lipinski definition) is 2. The maximum atomic E-state index is 13.2. The fourth-order valence-electron chi connectivity index (χ4n) is 4.37. The number of hydrogen-bond acceptors (Lipinski definition) is 6. The van der Waals surface area contributed by atoms with Gasteiger partial charge in [-0.15, -0.1) is 0 Å². The number of aromatic amines is 1. The van der Waals surface area contributed by atoms with Crippen LogP contribution < -0.4 is 21.9 Å². The second-order valence-corrected chi connectivity index (χ2v) is 9.91. The molecule has 1 aliphatic heterocycles. The third kappa shape index (κ3) is 6.50. The molecule has 0 unspecified atom stereocenters. The number of rotatable bonds is 9. The Balaban J connectivity index is 1.73. The molecule has 1 fully saturated rings. The Labute approximate surface area is 201 Å². The summed E-state index contributed by atoms with van der Waals surface area (Å²) < 4.78 is 1.39. The van der Waals surface area contributed by atoms with Crippen molar-refractivity contribution >= 4 is 17.4 Å². The molecule has 1 saturated heterocycles. The summed E-state index contributed by atoms with van der Waals surface area (Å²) >= 11 is 0. The molecule has 0 bridgehead atoms. The van der Waals surface area contributed by atoms with Gasteiger partial charge in [-0.1, -0.05) is 58.0 Å². The molecule has 0 atom stereocenters. The first kappa shape index (κ1) is 25.6. The van der Waals surface area contributed by atoms with E-state index < -0.39 is 11.2 Å². The third-order valence-electron chi connectivity index (χ3n) is 5.96. The molecule has 9 nitrogen and oxygen atoms in total. The number of anilines is 2. The van der Waals surface area contributed by atoms with E-state index in [2.05, 4.69) is 22.0 Å². The lowest BCUT2D eigenvalue weighted by Gasteiger charge is -2.36. The first-order valence-corrected chi connectivity index (χ1v) is 12.1. The van der Waals surface area contributed by atoms with Gasteiger partial charge in [0.25, 0.3) is 5.56 Å². The zero-order valence-corrected chi connectivity index (χ0v) is 20.8. The highest BCUT2D eigenvalue weighted by atomic mass is 16.2. The summed E-state index contributed by atoms with van der Waals surface area (Å²) in [5, 5.41) is 0. The number of amides is 1. The van der Waals surface area contributed by atoms with Crippen molar-refractivity contribution in [3.05, 3.63) is 56.7 Å². The van der Waals surface area contributed by atoms with Crippen molar-refractivity contribution in [2.75, 3.05) is 49.9 Å². The summed E-state index contributed by atoms with van der Waals surface area (Å²) in [7, 11) is 0. The number of carbonyl (C=O) groups excluding carboxylic acids is 1. The number of H-pyrrole nitrogens is 1. The van der Waals surface area contributed by atoms with Gasteiger partial charge < -0.3 is 15.5 Å². The van der Waals surface area contributed by atoms with Crippen LogP contribution in [0.4, 0.5) is 11.5 Å². The number of nitrogen functional groups attached to an aromatic ring is 1. The Kier molecular flexibility index (Phi) is 8.55. The summed E-state index contributed by atoms with van der Waals surface area (Å²) in [5.41, 5.74) is 6.71. The van der Waals surface area contributed by atoms with Crippen LogP contribution in [-0.2, 0) is 17.9 Å². The van der Waals surface area contributed by atoms with Gasteiger partial charge in [0, 0.05) is 45.8 Å². The summed E-state index contributed by atoms with van der Waals surface area (Å²) in [6.45, 7) is 12.7. The molecule has 1 aliphatic rings. The third-order valence-corrected chi connectivity index (χ3v) is 5.96. The first-order valence-electron chi connectivity index (χ1n) is 12.1. The van der Waals surface area contributed by atoms with E-state index in [0.717, 1.165) is 19.6 Å². The molecule has 0 spiro atoms. The number of piperazine rings is 1. The summed E-state index contributed by atoms with van der Waals surface area (Å²) in [6.07, 6.45) is 0. The minimum absolute atomic E-state index is 0.0413. The number of carbonyl (C=O) groups is 1. The number of nitrogens with two attached hydrogens (primary N) is 1. The minimum Gasteiger partial charge on any atom is -0.383 e. The predicted molar refractivity (Wildman–Crippen MR) is 136 cm³/mol. The Hall–Kier alpha value is -3.07. The van der Waals surface area contributed by atoms with Crippen LogP contribution in [0.1, 0.15) is 33.3 Å². The molecule has 1 amide bonds.